The summed E-state index contributed by atoms with van der Waals surface area (Å²) in [4.78, 5) is 4.27. The van der Waals surface area contributed by atoms with Gasteiger partial charge in [-0.25, -0.2) is 0 Å². The van der Waals surface area contributed by atoms with Crippen molar-refractivity contribution in [3.63, 3.8) is 0 Å². The second kappa shape index (κ2) is 4.57. The van der Waals surface area contributed by atoms with Gasteiger partial charge in [-0.05, 0) is 30.3 Å². The molecule has 0 N–H and O–H groups in total. The van der Waals surface area contributed by atoms with Gasteiger partial charge >= 0.3 is 5.89 Å². The zero-order chi connectivity index (χ0) is 16.4. The SMILES string of the molecule is c1ccc(-n2c3ccccc3c3c2oc2[n+]3Cc3ccncc3-2)cc1. The molecule has 0 atom stereocenters. The molecule has 25 heavy (non-hydrogen) atoms. The minimum atomic E-state index is 0.822. The zero-order valence-electron chi connectivity index (χ0n) is 13.4. The van der Waals surface area contributed by atoms with Crippen LogP contribution >= 0.6 is 0 Å². The van der Waals surface area contributed by atoms with Crippen molar-refractivity contribution in [2.24, 2.45) is 0 Å². The lowest BCUT2D eigenvalue weighted by molar-refractivity contribution is -0.648. The second-order valence-corrected chi connectivity index (χ2v) is 6.37. The zero-order valence-corrected chi connectivity index (χ0v) is 13.4. The Bertz CT molecular complexity index is 1260. The van der Waals surface area contributed by atoms with Gasteiger partial charge in [-0.15, -0.1) is 4.57 Å². The molecule has 4 heteroatoms. The van der Waals surface area contributed by atoms with Crippen molar-refractivity contribution in [3.05, 3.63) is 78.6 Å². The lowest BCUT2D eigenvalue weighted by Crippen LogP contribution is -2.30. The Morgan fingerprint density at radius 3 is 2.72 bits per heavy atom. The van der Waals surface area contributed by atoms with E-state index in [-0.39, 0.29) is 0 Å². The first-order chi connectivity index (χ1) is 12.4. The van der Waals surface area contributed by atoms with Gasteiger partial charge in [-0.3, -0.25) is 9.55 Å². The normalized spacial score (nSPS) is 12.6. The van der Waals surface area contributed by atoms with E-state index in [2.05, 4.69) is 68.7 Å². The van der Waals surface area contributed by atoms with Gasteiger partial charge in [0, 0.05) is 23.6 Å². The molecule has 4 heterocycles. The smallest absolute Gasteiger partial charge is 0.380 e. The fraction of sp³-hybridized carbons (Fsp3) is 0.0476. The highest BCUT2D eigenvalue weighted by Crippen LogP contribution is 2.36. The summed E-state index contributed by atoms with van der Waals surface area (Å²) in [6.07, 6.45) is 3.74. The van der Waals surface area contributed by atoms with E-state index in [1.54, 1.807) is 0 Å². The van der Waals surface area contributed by atoms with Crippen LogP contribution < -0.4 is 4.57 Å². The van der Waals surface area contributed by atoms with Gasteiger partial charge in [-0.2, -0.15) is 0 Å². The highest BCUT2D eigenvalue weighted by molar-refractivity contribution is 6.04. The fourth-order valence-corrected chi connectivity index (χ4v) is 3.91. The molecule has 4 nitrogen and oxygen atoms in total. The Kier molecular flexibility index (Phi) is 2.37. The second-order valence-electron chi connectivity index (χ2n) is 6.37. The highest BCUT2D eigenvalue weighted by atomic mass is 16.4. The van der Waals surface area contributed by atoms with E-state index in [1.165, 1.54) is 10.9 Å². The Morgan fingerprint density at radius 1 is 0.960 bits per heavy atom. The summed E-state index contributed by atoms with van der Waals surface area (Å²) in [6.45, 7) is 0.822. The molecule has 0 fully saturated rings. The Balaban J connectivity index is 1.78. The van der Waals surface area contributed by atoms with Gasteiger partial charge in [0.25, 0.3) is 11.2 Å². The average Bonchev–Trinajstić information content (AvgIpc) is 3.29. The van der Waals surface area contributed by atoms with Crippen molar-refractivity contribution in [2.75, 3.05) is 0 Å². The molecule has 5 aromatic rings. The predicted molar refractivity (Wildman–Crippen MR) is 95.6 cm³/mol. The molecule has 0 bridgehead atoms. The summed E-state index contributed by atoms with van der Waals surface area (Å²) in [5, 5.41) is 1.21. The number of pyridine rings is 1. The van der Waals surface area contributed by atoms with E-state index < -0.39 is 0 Å². The molecule has 0 unspecified atom stereocenters. The number of hydrogen-bond acceptors (Lipinski definition) is 2. The summed E-state index contributed by atoms with van der Waals surface area (Å²) in [5.41, 5.74) is 6.64. The van der Waals surface area contributed by atoms with Gasteiger partial charge in [0.1, 0.15) is 5.56 Å². The Labute approximate surface area is 143 Å². The van der Waals surface area contributed by atoms with Crippen LogP contribution in [0.4, 0.5) is 0 Å². The van der Waals surface area contributed by atoms with Gasteiger partial charge < -0.3 is 4.42 Å². The minimum Gasteiger partial charge on any atom is -0.380 e. The molecule has 2 aromatic carbocycles. The number of rotatable bonds is 1. The van der Waals surface area contributed by atoms with Crippen LogP contribution in [-0.2, 0) is 6.54 Å². The first kappa shape index (κ1) is 13.0. The van der Waals surface area contributed by atoms with E-state index in [4.69, 9.17) is 4.42 Å². The molecule has 1 aliphatic heterocycles. The van der Waals surface area contributed by atoms with Crippen LogP contribution in [0.3, 0.4) is 0 Å². The van der Waals surface area contributed by atoms with E-state index >= 15 is 0 Å². The van der Waals surface area contributed by atoms with Gasteiger partial charge in [0.2, 0.25) is 0 Å². The quantitative estimate of drug-likeness (QED) is 0.427. The van der Waals surface area contributed by atoms with E-state index in [0.29, 0.717) is 0 Å². The van der Waals surface area contributed by atoms with Gasteiger partial charge in [0.05, 0.1) is 10.9 Å². The lowest BCUT2D eigenvalue weighted by Gasteiger charge is -2.04. The Morgan fingerprint density at radius 2 is 1.80 bits per heavy atom. The highest BCUT2D eigenvalue weighted by Gasteiger charge is 2.37. The molecule has 0 spiro atoms. The number of benzene rings is 2. The maximum absolute atomic E-state index is 6.39. The number of nitrogens with zero attached hydrogens (tertiary/aromatic N) is 3. The first-order valence-corrected chi connectivity index (χ1v) is 8.36. The monoisotopic (exact) mass is 324 g/mol. The van der Waals surface area contributed by atoms with Crippen molar-refractivity contribution in [1.82, 2.24) is 9.55 Å². The van der Waals surface area contributed by atoms with Gasteiger partial charge in [0.15, 0.2) is 6.54 Å². The number of hydrogen-bond donors (Lipinski definition) is 0. The molecule has 3 aromatic heterocycles. The molecule has 0 saturated carbocycles. The third-order valence-electron chi connectivity index (χ3n) is 5.00. The van der Waals surface area contributed by atoms with Crippen LogP contribution in [0.2, 0.25) is 0 Å². The van der Waals surface area contributed by atoms with Crippen LogP contribution in [0.1, 0.15) is 5.56 Å². The number of aromatic nitrogens is 3. The summed E-state index contributed by atoms with van der Waals surface area (Å²) >= 11 is 0. The molecule has 0 aliphatic carbocycles. The number of fused-ring (bicyclic) bond motifs is 7. The fourth-order valence-electron chi connectivity index (χ4n) is 3.91. The summed E-state index contributed by atoms with van der Waals surface area (Å²) in [5.74, 6) is 0.892. The summed E-state index contributed by atoms with van der Waals surface area (Å²) in [7, 11) is 0. The predicted octanol–water partition coefficient (Wildman–Crippen LogP) is 4.09. The standard InChI is InChI=1S/C21H14N3O/c1-2-6-15(7-3-1)24-18-9-5-4-8-16(18)19-21(24)25-20-17-12-22-11-10-14(17)13-23(19)20/h1-12H,13H2/q+1. The number of oxazole rings is 1. The maximum Gasteiger partial charge on any atom is 0.385 e. The van der Waals surface area contributed by atoms with Crippen molar-refractivity contribution in [3.8, 4) is 17.1 Å². The largest absolute Gasteiger partial charge is 0.385 e. The van der Waals surface area contributed by atoms with Crippen LogP contribution in [0.25, 0.3) is 39.3 Å². The van der Waals surface area contributed by atoms with E-state index in [1.807, 2.05) is 18.5 Å². The lowest BCUT2D eigenvalue weighted by atomic mass is 10.2. The molecular weight excluding hydrogens is 310 g/mol. The molecule has 0 saturated heterocycles. The first-order valence-electron chi connectivity index (χ1n) is 8.36. The van der Waals surface area contributed by atoms with E-state index in [9.17, 15) is 0 Å². The third kappa shape index (κ3) is 1.61. The van der Waals surface area contributed by atoms with Gasteiger partial charge in [-0.1, -0.05) is 30.3 Å². The Hall–Kier alpha value is -3.40. The van der Waals surface area contributed by atoms with Crippen LogP contribution in [0, 0.1) is 0 Å². The average molecular weight is 324 g/mol. The molecule has 0 radical (unpaired) electrons. The minimum absolute atomic E-state index is 0.822. The van der Waals surface area contributed by atoms with Crippen molar-refractivity contribution < 1.29 is 8.98 Å². The molecule has 118 valence electrons. The molecule has 6 rings (SSSR count). The molecular formula is C21H14N3O+. The van der Waals surface area contributed by atoms with E-state index in [0.717, 1.165) is 40.4 Å². The van der Waals surface area contributed by atoms with Crippen LogP contribution in [0.5, 0.6) is 0 Å². The topological polar surface area (TPSA) is 34.8 Å². The maximum atomic E-state index is 6.39. The summed E-state index contributed by atoms with van der Waals surface area (Å²) in [6, 6.07) is 20.9. The molecule has 1 aliphatic rings. The molecule has 0 amide bonds. The van der Waals surface area contributed by atoms with Crippen LogP contribution in [-0.4, -0.2) is 9.55 Å². The van der Waals surface area contributed by atoms with Crippen LogP contribution in [0.15, 0.2) is 77.5 Å². The van der Waals surface area contributed by atoms with Crippen molar-refractivity contribution in [1.29, 1.82) is 0 Å². The number of para-hydroxylation sites is 2. The van der Waals surface area contributed by atoms with Crippen molar-refractivity contribution in [2.45, 2.75) is 6.54 Å². The summed E-state index contributed by atoms with van der Waals surface area (Å²) < 4.78 is 10.9. The van der Waals surface area contributed by atoms with Crippen molar-refractivity contribution >= 4 is 22.1 Å². The third-order valence-corrected chi connectivity index (χ3v) is 5.00.